The van der Waals surface area contributed by atoms with Crippen LogP contribution in [0.15, 0.2) is 16.5 Å². The molecule has 2 heterocycles. The van der Waals surface area contributed by atoms with Crippen LogP contribution < -0.4 is 0 Å². The third-order valence-corrected chi connectivity index (χ3v) is 2.77. The van der Waals surface area contributed by atoms with Gasteiger partial charge in [-0.05, 0) is 26.1 Å². The van der Waals surface area contributed by atoms with E-state index in [1.54, 1.807) is 0 Å². The molecule has 0 bridgehead atoms. The van der Waals surface area contributed by atoms with Gasteiger partial charge in [-0.25, -0.2) is 0 Å². The maximum Gasteiger partial charge on any atom is 0.118 e. The molecule has 1 aromatic heterocycles. The average Bonchev–Trinajstić information content (AvgIpc) is 2.56. The lowest BCUT2D eigenvalue weighted by Crippen LogP contribution is -2.43. The maximum absolute atomic E-state index is 5.56. The molecule has 0 aromatic carbocycles. The van der Waals surface area contributed by atoms with E-state index in [1.807, 2.05) is 13.0 Å². The van der Waals surface area contributed by atoms with Crippen molar-refractivity contribution in [3.8, 4) is 0 Å². The fourth-order valence-corrected chi connectivity index (χ4v) is 1.80. The number of rotatable bonds is 2. The Morgan fingerprint density at radius 1 is 1.21 bits per heavy atom. The second kappa shape index (κ2) is 4.15. The van der Waals surface area contributed by atoms with Gasteiger partial charge in [0.15, 0.2) is 0 Å². The van der Waals surface area contributed by atoms with Gasteiger partial charge >= 0.3 is 0 Å². The third-order valence-electron chi connectivity index (χ3n) is 2.77. The van der Waals surface area contributed by atoms with Crippen molar-refractivity contribution >= 4 is 0 Å². The van der Waals surface area contributed by atoms with Crippen molar-refractivity contribution in [2.24, 2.45) is 0 Å². The SMILES string of the molecule is Cc1ccc(CN2CCN(C)CC2)o1. The van der Waals surface area contributed by atoms with Crippen molar-refractivity contribution < 1.29 is 4.42 Å². The Bertz CT molecular complexity index is 287. The maximum atomic E-state index is 5.56. The zero-order valence-electron chi connectivity index (χ0n) is 8.99. The summed E-state index contributed by atoms with van der Waals surface area (Å²) >= 11 is 0. The standard InChI is InChI=1S/C11H18N2O/c1-10-3-4-11(14-10)9-13-7-5-12(2)6-8-13/h3-4H,5-9H2,1-2H3. The van der Waals surface area contributed by atoms with Crippen LogP contribution in [0.4, 0.5) is 0 Å². The number of hydrogen-bond acceptors (Lipinski definition) is 3. The van der Waals surface area contributed by atoms with Crippen LogP contribution in [-0.2, 0) is 6.54 Å². The van der Waals surface area contributed by atoms with E-state index < -0.39 is 0 Å². The van der Waals surface area contributed by atoms with Crippen LogP contribution in [0.3, 0.4) is 0 Å². The molecule has 0 N–H and O–H groups in total. The molecule has 1 saturated heterocycles. The Hall–Kier alpha value is -0.800. The van der Waals surface area contributed by atoms with Gasteiger partial charge in [-0.3, -0.25) is 4.90 Å². The molecule has 1 aliphatic rings. The predicted molar refractivity (Wildman–Crippen MR) is 56.2 cm³/mol. The van der Waals surface area contributed by atoms with Gasteiger partial charge < -0.3 is 9.32 Å². The smallest absolute Gasteiger partial charge is 0.118 e. The first-order valence-electron chi connectivity index (χ1n) is 5.20. The Morgan fingerprint density at radius 3 is 2.50 bits per heavy atom. The Kier molecular flexibility index (Phi) is 2.89. The van der Waals surface area contributed by atoms with E-state index in [-0.39, 0.29) is 0 Å². The minimum Gasteiger partial charge on any atom is -0.465 e. The summed E-state index contributed by atoms with van der Waals surface area (Å²) in [7, 11) is 2.17. The topological polar surface area (TPSA) is 19.6 Å². The molecule has 0 radical (unpaired) electrons. The summed E-state index contributed by atoms with van der Waals surface area (Å²) in [6.07, 6.45) is 0. The fraction of sp³-hybridized carbons (Fsp3) is 0.636. The van der Waals surface area contributed by atoms with Crippen LogP contribution >= 0.6 is 0 Å². The lowest BCUT2D eigenvalue weighted by molar-refractivity contribution is 0.140. The van der Waals surface area contributed by atoms with Gasteiger partial charge in [0.05, 0.1) is 6.54 Å². The highest BCUT2D eigenvalue weighted by Gasteiger charge is 2.14. The molecule has 2 rings (SSSR count). The monoisotopic (exact) mass is 194 g/mol. The van der Waals surface area contributed by atoms with Crippen LogP contribution in [0, 0.1) is 6.92 Å². The van der Waals surface area contributed by atoms with Crippen molar-refractivity contribution in [2.75, 3.05) is 33.2 Å². The molecule has 0 spiro atoms. The van der Waals surface area contributed by atoms with E-state index >= 15 is 0 Å². The van der Waals surface area contributed by atoms with Crippen molar-refractivity contribution in [2.45, 2.75) is 13.5 Å². The van der Waals surface area contributed by atoms with E-state index in [0.717, 1.165) is 31.2 Å². The van der Waals surface area contributed by atoms with Gasteiger partial charge in [-0.1, -0.05) is 0 Å². The van der Waals surface area contributed by atoms with Crippen LogP contribution in [0.25, 0.3) is 0 Å². The number of aryl methyl sites for hydroxylation is 1. The molecule has 0 unspecified atom stereocenters. The molecule has 14 heavy (non-hydrogen) atoms. The molecule has 0 atom stereocenters. The van der Waals surface area contributed by atoms with Gasteiger partial charge in [-0.15, -0.1) is 0 Å². The van der Waals surface area contributed by atoms with E-state index in [0.29, 0.717) is 0 Å². The lowest BCUT2D eigenvalue weighted by atomic mass is 10.3. The summed E-state index contributed by atoms with van der Waals surface area (Å²) in [5.41, 5.74) is 0. The first-order valence-corrected chi connectivity index (χ1v) is 5.20. The zero-order valence-corrected chi connectivity index (χ0v) is 8.99. The van der Waals surface area contributed by atoms with Crippen LogP contribution in [0.1, 0.15) is 11.5 Å². The lowest BCUT2D eigenvalue weighted by Gasteiger charge is -2.31. The predicted octanol–water partition coefficient (Wildman–Crippen LogP) is 1.34. The number of nitrogens with zero attached hydrogens (tertiary/aromatic N) is 2. The van der Waals surface area contributed by atoms with Crippen LogP contribution in [0.2, 0.25) is 0 Å². The van der Waals surface area contributed by atoms with Crippen molar-refractivity contribution in [3.05, 3.63) is 23.7 Å². The Labute approximate surface area is 85.3 Å². The second-order valence-corrected chi connectivity index (χ2v) is 4.09. The minimum absolute atomic E-state index is 0.960. The summed E-state index contributed by atoms with van der Waals surface area (Å²) < 4.78 is 5.56. The fourth-order valence-electron chi connectivity index (χ4n) is 1.80. The molecule has 3 heteroatoms. The molecule has 3 nitrogen and oxygen atoms in total. The molecular weight excluding hydrogens is 176 g/mol. The highest BCUT2D eigenvalue weighted by Crippen LogP contribution is 2.10. The normalized spacial score (nSPS) is 20.1. The molecule has 0 saturated carbocycles. The molecular formula is C11H18N2O. The van der Waals surface area contributed by atoms with Crippen LogP contribution in [0.5, 0.6) is 0 Å². The zero-order chi connectivity index (χ0) is 9.97. The summed E-state index contributed by atoms with van der Waals surface area (Å²) in [4.78, 5) is 4.81. The first kappa shape index (κ1) is 9.74. The molecule has 1 fully saturated rings. The van der Waals surface area contributed by atoms with E-state index in [4.69, 9.17) is 4.42 Å². The van der Waals surface area contributed by atoms with Crippen molar-refractivity contribution in [3.63, 3.8) is 0 Å². The summed E-state index contributed by atoms with van der Waals surface area (Å²) in [6.45, 7) is 7.58. The van der Waals surface area contributed by atoms with E-state index in [9.17, 15) is 0 Å². The second-order valence-electron chi connectivity index (χ2n) is 4.09. The van der Waals surface area contributed by atoms with Gasteiger partial charge in [0.2, 0.25) is 0 Å². The summed E-state index contributed by atoms with van der Waals surface area (Å²) in [5, 5.41) is 0. The van der Waals surface area contributed by atoms with Crippen molar-refractivity contribution in [1.82, 2.24) is 9.80 Å². The number of piperazine rings is 1. The van der Waals surface area contributed by atoms with Crippen LogP contribution in [-0.4, -0.2) is 43.0 Å². The molecule has 78 valence electrons. The van der Waals surface area contributed by atoms with E-state index in [2.05, 4.69) is 22.9 Å². The number of likely N-dealkylation sites (N-methyl/N-ethyl adjacent to an activating group) is 1. The molecule has 1 aliphatic heterocycles. The molecule has 0 aliphatic carbocycles. The highest BCUT2D eigenvalue weighted by atomic mass is 16.3. The molecule has 1 aromatic rings. The van der Waals surface area contributed by atoms with Crippen molar-refractivity contribution in [1.29, 1.82) is 0 Å². The van der Waals surface area contributed by atoms with Gasteiger partial charge in [0.25, 0.3) is 0 Å². The molecule has 0 amide bonds. The quantitative estimate of drug-likeness (QED) is 0.708. The van der Waals surface area contributed by atoms with Gasteiger partial charge in [-0.2, -0.15) is 0 Å². The Morgan fingerprint density at radius 2 is 1.93 bits per heavy atom. The average molecular weight is 194 g/mol. The third kappa shape index (κ3) is 2.36. The van der Waals surface area contributed by atoms with Gasteiger partial charge in [0, 0.05) is 26.2 Å². The minimum atomic E-state index is 0.960. The first-order chi connectivity index (χ1) is 6.74. The van der Waals surface area contributed by atoms with E-state index in [1.165, 1.54) is 13.1 Å². The Balaban J connectivity index is 1.86. The summed E-state index contributed by atoms with van der Waals surface area (Å²) in [5.74, 6) is 2.10. The number of furan rings is 1. The summed E-state index contributed by atoms with van der Waals surface area (Å²) in [6, 6.07) is 4.11. The largest absolute Gasteiger partial charge is 0.465 e. The number of hydrogen-bond donors (Lipinski definition) is 0. The highest BCUT2D eigenvalue weighted by molar-refractivity contribution is 5.05. The van der Waals surface area contributed by atoms with Gasteiger partial charge in [0.1, 0.15) is 11.5 Å².